The Hall–Kier alpha value is -1.58. The summed E-state index contributed by atoms with van der Waals surface area (Å²) in [4.78, 5) is 14.2. The first-order valence-corrected chi connectivity index (χ1v) is 7.60. The quantitative estimate of drug-likeness (QED) is 0.834. The van der Waals surface area contributed by atoms with E-state index in [4.69, 9.17) is 0 Å². The number of urea groups is 1. The van der Waals surface area contributed by atoms with Crippen LogP contribution in [0.4, 0.5) is 14.9 Å². The van der Waals surface area contributed by atoms with Crippen molar-refractivity contribution in [2.45, 2.75) is 51.0 Å². The van der Waals surface area contributed by atoms with Crippen LogP contribution < -0.4 is 10.2 Å². The second kappa shape index (κ2) is 5.81. The molecule has 3 rings (SSSR count). The Bertz CT molecular complexity index is 497. The van der Waals surface area contributed by atoms with Gasteiger partial charge < -0.3 is 5.32 Å². The van der Waals surface area contributed by atoms with Crippen molar-refractivity contribution in [3.8, 4) is 0 Å². The van der Waals surface area contributed by atoms with Crippen molar-refractivity contribution >= 4 is 11.7 Å². The molecule has 1 aliphatic carbocycles. The predicted molar refractivity (Wildman–Crippen MR) is 77.5 cm³/mol. The van der Waals surface area contributed by atoms with Gasteiger partial charge in [-0.3, -0.25) is 4.90 Å². The number of benzene rings is 1. The van der Waals surface area contributed by atoms with E-state index in [0.717, 1.165) is 43.5 Å². The molecule has 0 aromatic heterocycles. The van der Waals surface area contributed by atoms with Crippen LogP contribution in [-0.4, -0.2) is 18.6 Å². The topological polar surface area (TPSA) is 32.3 Å². The average Bonchev–Trinajstić information content (AvgIpc) is 2.47. The van der Waals surface area contributed by atoms with Crippen molar-refractivity contribution in [1.82, 2.24) is 5.32 Å². The Morgan fingerprint density at radius 2 is 2.00 bits per heavy atom. The fourth-order valence-electron chi connectivity index (χ4n) is 3.28. The van der Waals surface area contributed by atoms with Crippen LogP contribution in [0.2, 0.25) is 0 Å². The van der Waals surface area contributed by atoms with Gasteiger partial charge in [-0.2, -0.15) is 0 Å². The Morgan fingerprint density at radius 3 is 2.80 bits per heavy atom. The molecule has 1 fully saturated rings. The van der Waals surface area contributed by atoms with E-state index >= 15 is 0 Å². The standard InChI is InChI=1S/C16H21FN2O/c17-13-8-9-15-12(11-13)5-4-10-19(15)16(20)18-14-6-2-1-3-7-14/h8-9,11,14H,1-7,10H2,(H,18,20). The van der Waals surface area contributed by atoms with Crippen molar-refractivity contribution in [3.63, 3.8) is 0 Å². The van der Waals surface area contributed by atoms with Crippen LogP contribution >= 0.6 is 0 Å². The van der Waals surface area contributed by atoms with Gasteiger partial charge in [-0.15, -0.1) is 0 Å². The minimum Gasteiger partial charge on any atom is -0.335 e. The molecule has 2 aliphatic rings. The number of rotatable bonds is 1. The van der Waals surface area contributed by atoms with Crippen molar-refractivity contribution in [1.29, 1.82) is 0 Å². The molecule has 0 atom stereocenters. The van der Waals surface area contributed by atoms with Gasteiger partial charge in [0, 0.05) is 18.3 Å². The molecular formula is C16H21FN2O. The van der Waals surface area contributed by atoms with Gasteiger partial charge in [0.05, 0.1) is 0 Å². The number of hydrogen-bond acceptors (Lipinski definition) is 1. The molecule has 1 aromatic carbocycles. The maximum atomic E-state index is 13.3. The summed E-state index contributed by atoms with van der Waals surface area (Å²) < 4.78 is 13.3. The molecule has 3 nitrogen and oxygen atoms in total. The number of carbonyl (C=O) groups is 1. The van der Waals surface area contributed by atoms with Gasteiger partial charge >= 0.3 is 6.03 Å². The van der Waals surface area contributed by atoms with Crippen LogP contribution in [0.3, 0.4) is 0 Å². The number of carbonyl (C=O) groups excluding carboxylic acids is 1. The summed E-state index contributed by atoms with van der Waals surface area (Å²) in [5, 5.41) is 3.14. The normalized spacial score (nSPS) is 19.6. The number of nitrogens with one attached hydrogen (secondary N) is 1. The van der Waals surface area contributed by atoms with Gasteiger partial charge in [0.15, 0.2) is 0 Å². The molecule has 108 valence electrons. The van der Waals surface area contributed by atoms with Crippen LogP contribution in [0.15, 0.2) is 18.2 Å². The largest absolute Gasteiger partial charge is 0.335 e. The minimum absolute atomic E-state index is 0.0236. The van der Waals surface area contributed by atoms with Crippen molar-refractivity contribution in [2.75, 3.05) is 11.4 Å². The van der Waals surface area contributed by atoms with E-state index in [1.165, 1.54) is 25.3 Å². The molecule has 4 heteroatoms. The highest BCUT2D eigenvalue weighted by atomic mass is 19.1. The van der Waals surface area contributed by atoms with E-state index < -0.39 is 0 Å². The van der Waals surface area contributed by atoms with E-state index in [2.05, 4.69) is 5.32 Å². The van der Waals surface area contributed by atoms with Gasteiger partial charge in [0.25, 0.3) is 0 Å². The maximum Gasteiger partial charge on any atom is 0.322 e. The molecule has 0 spiro atoms. The number of fused-ring (bicyclic) bond motifs is 1. The lowest BCUT2D eigenvalue weighted by atomic mass is 9.95. The monoisotopic (exact) mass is 276 g/mol. The van der Waals surface area contributed by atoms with Gasteiger partial charge in [-0.25, -0.2) is 9.18 Å². The van der Waals surface area contributed by atoms with Crippen molar-refractivity contribution in [3.05, 3.63) is 29.6 Å². The molecule has 0 radical (unpaired) electrons. The third-order valence-electron chi connectivity index (χ3n) is 4.34. The fraction of sp³-hybridized carbons (Fsp3) is 0.562. The zero-order valence-corrected chi connectivity index (χ0v) is 11.7. The number of hydrogen-bond donors (Lipinski definition) is 1. The summed E-state index contributed by atoms with van der Waals surface area (Å²) in [7, 11) is 0. The molecular weight excluding hydrogens is 255 g/mol. The van der Waals surface area contributed by atoms with Gasteiger partial charge in [0.1, 0.15) is 5.82 Å². The number of nitrogens with zero attached hydrogens (tertiary/aromatic N) is 1. The van der Waals surface area contributed by atoms with E-state index in [0.29, 0.717) is 6.04 Å². The molecule has 1 aromatic rings. The lowest BCUT2D eigenvalue weighted by Crippen LogP contribution is -2.47. The van der Waals surface area contributed by atoms with Gasteiger partial charge in [-0.1, -0.05) is 19.3 Å². The van der Waals surface area contributed by atoms with Crippen LogP contribution in [0.5, 0.6) is 0 Å². The summed E-state index contributed by atoms with van der Waals surface area (Å²) in [6.07, 6.45) is 7.58. The molecule has 1 N–H and O–H groups in total. The fourth-order valence-corrected chi connectivity index (χ4v) is 3.28. The second-order valence-corrected chi connectivity index (χ2v) is 5.81. The van der Waals surface area contributed by atoms with E-state index in [9.17, 15) is 9.18 Å². The molecule has 0 bridgehead atoms. The highest BCUT2D eigenvalue weighted by Gasteiger charge is 2.25. The molecule has 2 amide bonds. The summed E-state index contributed by atoms with van der Waals surface area (Å²) in [6, 6.07) is 5.00. The van der Waals surface area contributed by atoms with Crippen LogP contribution in [0, 0.1) is 5.82 Å². The molecule has 1 aliphatic heterocycles. The maximum absolute atomic E-state index is 13.3. The Morgan fingerprint density at radius 1 is 1.20 bits per heavy atom. The van der Waals surface area contributed by atoms with E-state index in [1.807, 2.05) is 0 Å². The number of anilines is 1. The lowest BCUT2D eigenvalue weighted by molar-refractivity contribution is 0.237. The Labute approximate surface area is 119 Å². The highest BCUT2D eigenvalue weighted by Crippen LogP contribution is 2.28. The SMILES string of the molecule is O=C(NC1CCCCC1)N1CCCc2cc(F)ccc21. The molecule has 1 heterocycles. The zero-order chi connectivity index (χ0) is 13.9. The summed E-state index contributed by atoms with van der Waals surface area (Å²) >= 11 is 0. The average molecular weight is 276 g/mol. The molecule has 1 saturated carbocycles. The van der Waals surface area contributed by atoms with Gasteiger partial charge in [-0.05, 0) is 49.4 Å². The van der Waals surface area contributed by atoms with E-state index in [1.54, 1.807) is 17.0 Å². The summed E-state index contributed by atoms with van der Waals surface area (Å²) in [6.45, 7) is 0.719. The first-order valence-electron chi connectivity index (χ1n) is 7.60. The van der Waals surface area contributed by atoms with Crippen LogP contribution in [0.25, 0.3) is 0 Å². The highest BCUT2D eigenvalue weighted by molar-refractivity contribution is 5.93. The Kier molecular flexibility index (Phi) is 3.90. The molecule has 0 unspecified atom stereocenters. The summed E-state index contributed by atoms with van der Waals surface area (Å²) in [5.74, 6) is -0.224. The Balaban J connectivity index is 1.72. The third-order valence-corrected chi connectivity index (χ3v) is 4.34. The number of aryl methyl sites for hydroxylation is 1. The first kappa shape index (κ1) is 13.4. The second-order valence-electron chi connectivity index (χ2n) is 5.81. The number of halogens is 1. The van der Waals surface area contributed by atoms with Crippen LogP contribution in [-0.2, 0) is 6.42 Å². The van der Waals surface area contributed by atoms with Crippen molar-refractivity contribution in [2.24, 2.45) is 0 Å². The first-order chi connectivity index (χ1) is 9.74. The molecule has 0 saturated heterocycles. The predicted octanol–water partition coefficient (Wildman–Crippen LogP) is 3.62. The smallest absolute Gasteiger partial charge is 0.322 e. The van der Waals surface area contributed by atoms with Gasteiger partial charge in [0.2, 0.25) is 0 Å². The minimum atomic E-state index is -0.224. The third kappa shape index (κ3) is 2.79. The zero-order valence-electron chi connectivity index (χ0n) is 11.7. The van der Waals surface area contributed by atoms with Crippen molar-refractivity contribution < 1.29 is 9.18 Å². The van der Waals surface area contributed by atoms with E-state index in [-0.39, 0.29) is 11.8 Å². The summed E-state index contributed by atoms with van der Waals surface area (Å²) in [5.41, 5.74) is 1.81. The molecule has 20 heavy (non-hydrogen) atoms. The lowest BCUT2D eigenvalue weighted by Gasteiger charge is -2.32. The number of amides is 2. The van der Waals surface area contributed by atoms with Crippen LogP contribution in [0.1, 0.15) is 44.1 Å².